The maximum atomic E-state index is 6.15. The summed E-state index contributed by atoms with van der Waals surface area (Å²) in [7, 11) is 0. The first-order valence-electron chi connectivity index (χ1n) is 7.24. The van der Waals surface area contributed by atoms with Gasteiger partial charge in [0.2, 0.25) is 5.89 Å². The van der Waals surface area contributed by atoms with Crippen molar-refractivity contribution in [3.8, 4) is 0 Å². The molecule has 4 rings (SSSR count). The third kappa shape index (κ3) is 2.40. The molecule has 3 aliphatic rings. The van der Waals surface area contributed by atoms with Gasteiger partial charge in [-0.1, -0.05) is 25.4 Å². The molecule has 1 unspecified atom stereocenters. The summed E-state index contributed by atoms with van der Waals surface area (Å²) in [6.07, 6.45) is 1.02. The molecule has 0 radical (unpaired) electrons. The number of hydrogen-bond donors (Lipinski definition) is 1. The van der Waals surface area contributed by atoms with Gasteiger partial charge in [0.15, 0.2) is 5.82 Å². The topological polar surface area (TPSA) is 71.4 Å². The maximum Gasteiger partial charge on any atom is 0.243 e. The van der Waals surface area contributed by atoms with Gasteiger partial charge < -0.3 is 10.3 Å². The normalized spacial score (nSPS) is 33.3. The minimum absolute atomic E-state index is 0.151. The van der Waals surface area contributed by atoms with Gasteiger partial charge in [0.1, 0.15) is 0 Å². The van der Waals surface area contributed by atoms with Crippen LogP contribution in [0.25, 0.3) is 0 Å². The molecule has 6 heteroatoms. The van der Waals surface area contributed by atoms with Crippen LogP contribution in [0.15, 0.2) is 4.52 Å². The minimum Gasteiger partial charge on any atom is -0.338 e. The molecule has 19 heavy (non-hydrogen) atoms. The lowest BCUT2D eigenvalue weighted by molar-refractivity contribution is 0.00781. The van der Waals surface area contributed by atoms with Crippen LogP contribution in [-0.2, 0) is 0 Å². The van der Waals surface area contributed by atoms with E-state index in [-0.39, 0.29) is 12.1 Å². The first kappa shape index (κ1) is 13.0. The SMILES string of the molecule is CC[C@H](C)[C@H](N)c1nc(C2CN3CCN2CC3)no1. The Hall–Kier alpha value is -0.980. The van der Waals surface area contributed by atoms with Crippen LogP contribution in [0.5, 0.6) is 0 Å². The molecule has 6 nitrogen and oxygen atoms in total. The van der Waals surface area contributed by atoms with E-state index >= 15 is 0 Å². The second kappa shape index (κ2) is 5.19. The van der Waals surface area contributed by atoms with Crippen molar-refractivity contribution in [2.24, 2.45) is 11.7 Å². The van der Waals surface area contributed by atoms with E-state index in [0.717, 1.165) is 45.0 Å². The summed E-state index contributed by atoms with van der Waals surface area (Å²) >= 11 is 0. The van der Waals surface area contributed by atoms with Gasteiger partial charge in [-0.05, 0) is 5.92 Å². The standard InChI is InChI=1S/C13H23N5O/c1-3-9(2)11(14)13-15-12(16-19-13)10-8-17-4-6-18(10)7-5-17/h9-11H,3-8,14H2,1-2H3/t9-,10?,11-/m0/s1. The Morgan fingerprint density at radius 2 is 2.11 bits per heavy atom. The predicted octanol–water partition coefficient (Wildman–Crippen LogP) is 0.788. The van der Waals surface area contributed by atoms with Gasteiger partial charge in [0.05, 0.1) is 12.1 Å². The second-order valence-electron chi connectivity index (χ2n) is 5.75. The van der Waals surface area contributed by atoms with Crippen molar-refractivity contribution >= 4 is 0 Å². The highest BCUT2D eigenvalue weighted by molar-refractivity contribution is 5.03. The Morgan fingerprint density at radius 3 is 2.68 bits per heavy atom. The molecule has 0 amide bonds. The molecule has 1 aromatic heterocycles. The molecule has 3 saturated heterocycles. The molecule has 3 atom stereocenters. The third-order valence-corrected chi connectivity index (χ3v) is 4.58. The summed E-state index contributed by atoms with van der Waals surface area (Å²) in [5.41, 5.74) is 6.15. The summed E-state index contributed by atoms with van der Waals surface area (Å²) in [6.45, 7) is 9.78. The predicted molar refractivity (Wildman–Crippen MR) is 71.4 cm³/mol. The number of piperazine rings is 3. The summed E-state index contributed by atoms with van der Waals surface area (Å²) < 4.78 is 5.38. The smallest absolute Gasteiger partial charge is 0.243 e. The van der Waals surface area contributed by atoms with Gasteiger partial charge in [-0.3, -0.25) is 9.80 Å². The molecule has 0 aliphatic carbocycles. The summed E-state index contributed by atoms with van der Waals surface area (Å²) in [5.74, 6) is 1.75. The van der Waals surface area contributed by atoms with Crippen molar-refractivity contribution in [2.45, 2.75) is 32.4 Å². The molecule has 4 heterocycles. The van der Waals surface area contributed by atoms with Gasteiger partial charge in [-0.2, -0.15) is 4.98 Å². The maximum absolute atomic E-state index is 6.15. The first-order valence-corrected chi connectivity index (χ1v) is 7.24. The lowest BCUT2D eigenvalue weighted by Crippen LogP contribution is -2.57. The molecule has 2 bridgehead atoms. The third-order valence-electron chi connectivity index (χ3n) is 4.58. The Labute approximate surface area is 113 Å². The number of fused-ring (bicyclic) bond motifs is 3. The van der Waals surface area contributed by atoms with E-state index in [9.17, 15) is 0 Å². The number of hydrogen-bond acceptors (Lipinski definition) is 6. The zero-order valence-corrected chi connectivity index (χ0v) is 11.7. The van der Waals surface area contributed by atoms with Crippen LogP contribution < -0.4 is 5.73 Å². The average Bonchev–Trinajstić information content (AvgIpc) is 2.96. The first-order chi connectivity index (χ1) is 9.19. The van der Waals surface area contributed by atoms with Crippen molar-refractivity contribution in [3.05, 3.63) is 11.7 Å². The van der Waals surface area contributed by atoms with Crippen molar-refractivity contribution in [1.29, 1.82) is 0 Å². The quantitative estimate of drug-likeness (QED) is 0.867. The van der Waals surface area contributed by atoms with Gasteiger partial charge in [-0.15, -0.1) is 0 Å². The summed E-state index contributed by atoms with van der Waals surface area (Å²) in [5, 5.41) is 4.16. The molecular weight excluding hydrogens is 242 g/mol. The van der Waals surface area contributed by atoms with Crippen LogP contribution in [-0.4, -0.2) is 52.7 Å². The highest BCUT2D eigenvalue weighted by atomic mass is 16.5. The summed E-state index contributed by atoms with van der Waals surface area (Å²) in [4.78, 5) is 9.47. The fourth-order valence-electron chi connectivity index (χ4n) is 2.88. The number of nitrogens with zero attached hydrogens (tertiary/aromatic N) is 4. The van der Waals surface area contributed by atoms with E-state index in [1.807, 2.05) is 0 Å². The Morgan fingerprint density at radius 1 is 1.37 bits per heavy atom. The van der Waals surface area contributed by atoms with Crippen molar-refractivity contribution in [1.82, 2.24) is 19.9 Å². The van der Waals surface area contributed by atoms with Gasteiger partial charge >= 0.3 is 0 Å². The van der Waals surface area contributed by atoms with Crippen LogP contribution >= 0.6 is 0 Å². The number of nitrogens with two attached hydrogens (primary N) is 1. The Balaban J connectivity index is 1.74. The van der Waals surface area contributed by atoms with Gasteiger partial charge in [0.25, 0.3) is 0 Å². The molecular formula is C13H23N5O. The fourth-order valence-corrected chi connectivity index (χ4v) is 2.88. The number of aromatic nitrogens is 2. The molecule has 2 N–H and O–H groups in total. The second-order valence-corrected chi connectivity index (χ2v) is 5.75. The van der Waals surface area contributed by atoms with E-state index in [1.54, 1.807) is 0 Å². The van der Waals surface area contributed by atoms with Crippen molar-refractivity contribution in [2.75, 3.05) is 32.7 Å². The molecule has 3 aliphatic heterocycles. The zero-order valence-electron chi connectivity index (χ0n) is 11.7. The molecule has 0 spiro atoms. The van der Waals surface area contributed by atoms with Crippen LogP contribution in [0.3, 0.4) is 0 Å². The zero-order chi connectivity index (χ0) is 13.4. The Bertz CT molecular complexity index is 426. The molecule has 106 valence electrons. The lowest BCUT2D eigenvalue weighted by Gasteiger charge is -2.46. The van der Waals surface area contributed by atoms with E-state index in [2.05, 4.69) is 33.8 Å². The highest BCUT2D eigenvalue weighted by Crippen LogP contribution is 2.28. The Kier molecular flexibility index (Phi) is 3.56. The lowest BCUT2D eigenvalue weighted by atomic mass is 10.0. The monoisotopic (exact) mass is 265 g/mol. The average molecular weight is 265 g/mol. The van der Waals surface area contributed by atoms with E-state index in [0.29, 0.717) is 11.8 Å². The fraction of sp³-hybridized carbons (Fsp3) is 0.846. The largest absolute Gasteiger partial charge is 0.338 e. The number of rotatable bonds is 4. The molecule has 0 saturated carbocycles. The van der Waals surface area contributed by atoms with Crippen LogP contribution in [0.1, 0.15) is 44.1 Å². The summed E-state index contributed by atoms with van der Waals surface area (Å²) in [6, 6.07) is 0.131. The van der Waals surface area contributed by atoms with Crippen molar-refractivity contribution in [3.63, 3.8) is 0 Å². The van der Waals surface area contributed by atoms with Gasteiger partial charge in [-0.25, -0.2) is 0 Å². The van der Waals surface area contributed by atoms with Crippen molar-refractivity contribution < 1.29 is 4.52 Å². The van der Waals surface area contributed by atoms with Crippen LogP contribution in [0, 0.1) is 5.92 Å². The van der Waals surface area contributed by atoms with E-state index < -0.39 is 0 Å². The molecule has 1 aromatic rings. The highest BCUT2D eigenvalue weighted by Gasteiger charge is 2.36. The molecule has 0 aromatic carbocycles. The van der Waals surface area contributed by atoms with E-state index in [1.165, 1.54) is 0 Å². The minimum atomic E-state index is -0.151. The van der Waals surface area contributed by atoms with Crippen LogP contribution in [0.4, 0.5) is 0 Å². The van der Waals surface area contributed by atoms with Crippen LogP contribution in [0.2, 0.25) is 0 Å². The van der Waals surface area contributed by atoms with E-state index in [4.69, 9.17) is 10.3 Å². The van der Waals surface area contributed by atoms with Gasteiger partial charge in [0, 0.05) is 32.7 Å². The molecule has 3 fully saturated rings.